The van der Waals surface area contributed by atoms with Crippen molar-refractivity contribution in [3.8, 4) is 0 Å². The van der Waals surface area contributed by atoms with Crippen molar-refractivity contribution in [2.45, 2.75) is 103 Å². The number of hydrogen-bond donors (Lipinski definition) is 0. The number of halogens is 3. The molecule has 1 heterocycles. The molecule has 0 saturated carbocycles. The first kappa shape index (κ1) is 42.5. The van der Waals surface area contributed by atoms with Gasteiger partial charge in [-0.15, -0.1) is 11.8 Å². The maximum Gasteiger partial charge on any atom is 0.468 e. The SMILES string of the molecule is CCCCOC1[C@H](OC(=Nc2ccccc2)C(F)(F)F)OC(COCSCC(C)CSCCN=[N+]=[N-])[C@@H](OCCCC)[C@@H]1OCCCC. The van der Waals surface area contributed by atoms with Gasteiger partial charge in [0.15, 0.2) is 0 Å². The van der Waals surface area contributed by atoms with E-state index >= 15 is 0 Å². The van der Waals surface area contributed by atoms with Gasteiger partial charge in [0.1, 0.15) is 24.4 Å². The molecule has 0 amide bonds. The number of rotatable bonds is 25. The van der Waals surface area contributed by atoms with Crippen LogP contribution in [0.4, 0.5) is 18.9 Å². The minimum atomic E-state index is -4.89. The monoisotopic (exact) mass is 722 g/mol. The van der Waals surface area contributed by atoms with Crippen LogP contribution in [0.1, 0.15) is 66.2 Å². The fourth-order valence-corrected chi connectivity index (χ4v) is 6.48. The Morgan fingerprint density at radius 1 is 0.917 bits per heavy atom. The van der Waals surface area contributed by atoms with Crippen LogP contribution in [0.5, 0.6) is 0 Å². The van der Waals surface area contributed by atoms with Gasteiger partial charge in [-0.3, -0.25) is 0 Å². The summed E-state index contributed by atoms with van der Waals surface area (Å²) in [5, 5.41) is 3.55. The normalized spacial score (nSPS) is 22.3. The standard InChI is InChI=1S/C33H53F3N4O6S2/c1-5-8-17-42-28-27(21-41-24-48-23-25(4)22-47-20-16-38-40-37)45-31(30(44-19-10-7-3)29(28)43-18-9-6-2)46-32(33(34,35)36)39-26-14-12-11-13-15-26/h11-15,25,27-31H,5-10,16-24H2,1-4H3/t25?,27?,28-,29+,30?,31+/m1/s1. The van der Waals surface area contributed by atoms with E-state index in [1.54, 1.807) is 41.7 Å². The van der Waals surface area contributed by atoms with Gasteiger partial charge in [0.25, 0.3) is 5.90 Å². The lowest BCUT2D eigenvalue weighted by Crippen LogP contribution is -2.62. The van der Waals surface area contributed by atoms with Crippen LogP contribution < -0.4 is 0 Å². The molecule has 0 bridgehead atoms. The number of azide groups is 1. The largest absolute Gasteiger partial charge is 0.468 e. The van der Waals surface area contributed by atoms with Crippen molar-refractivity contribution in [3.63, 3.8) is 0 Å². The Kier molecular flexibility index (Phi) is 22.4. The van der Waals surface area contributed by atoms with Crippen LogP contribution in [-0.4, -0.2) is 98.9 Å². The van der Waals surface area contributed by atoms with Gasteiger partial charge >= 0.3 is 6.18 Å². The van der Waals surface area contributed by atoms with Gasteiger partial charge in [-0.1, -0.05) is 70.3 Å². The van der Waals surface area contributed by atoms with Gasteiger partial charge in [0, 0.05) is 31.3 Å². The zero-order valence-electron chi connectivity index (χ0n) is 28.6. The second-order valence-electron chi connectivity index (χ2n) is 11.5. The molecule has 0 N–H and O–H groups in total. The average Bonchev–Trinajstić information content (AvgIpc) is 3.06. The lowest BCUT2D eigenvalue weighted by Gasteiger charge is -2.45. The van der Waals surface area contributed by atoms with E-state index in [1.165, 1.54) is 12.1 Å². The van der Waals surface area contributed by atoms with Crippen LogP contribution in [0.2, 0.25) is 0 Å². The first-order valence-electron chi connectivity index (χ1n) is 16.9. The summed E-state index contributed by atoms with van der Waals surface area (Å²) in [5.74, 6) is 1.89. The Morgan fingerprint density at radius 3 is 2.12 bits per heavy atom. The molecule has 1 aromatic rings. The number of aliphatic imine (C=N–C) groups is 1. The summed E-state index contributed by atoms with van der Waals surface area (Å²) in [6.07, 6.45) is -4.71. The Morgan fingerprint density at radius 2 is 1.52 bits per heavy atom. The van der Waals surface area contributed by atoms with Gasteiger partial charge in [-0.2, -0.15) is 24.9 Å². The number of hydrogen-bond acceptors (Lipinski definition) is 10. The lowest BCUT2D eigenvalue weighted by atomic mass is 9.98. The molecule has 1 aliphatic rings. The molecule has 6 atom stereocenters. The Balaban J connectivity index is 2.28. The molecular weight excluding hydrogens is 670 g/mol. The average molecular weight is 723 g/mol. The number of para-hydroxylation sites is 1. The third-order valence-electron chi connectivity index (χ3n) is 7.13. The summed E-state index contributed by atoms with van der Waals surface area (Å²) < 4.78 is 79.9. The molecule has 0 radical (unpaired) electrons. The Bertz CT molecular complexity index is 1060. The van der Waals surface area contributed by atoms with Crippen molar-refractivity contribution in [1.82, 2.24) is 0 Å². The highest BCUT2D eigenvalue weighted by Crippen LogP contribution is 2.33. The number of benzene rings is 1. The van der Waals surface area contributed by atoms with Crippen molar-refractivity contribution >= 4 is 35.1 Å². The third kappa shape index (κ3) is 16.8. The molecule has 3 unspecified atom stereocenters. The van der Waals surface area contributed by atoms with Crippen molar-refractivity contribution in [3.05, 3.63) is 40.8 Å². The van der Waals surface area contributed by atoms with Crippen LogP contribution in [0, 0.1) is 5.92 Å². The highest BCUT2D eigenvalue weighted by atomic mass is 32.2. The fraction of sp³-hybridized carbons (Fsp3) is 0.788. The molecule has 10 nitrogen and oxygen atoms in total. The molecule has 1 saturated heterocycles. The Hall–Kier alpha value is -1.71. The Labute approximate surface area is 292 Å². The molecule has 1 aliphatic heterocycles. The van der Waals surface area contributed by atoms with Crippen molar-refractivity contribution < 1.29 is 41.6 Å². The molecule has 1 fully saturated rings. The second-order valence-corrected chi connectivity index (χ2v) is 13.6. The quantitative estimate of drug-likeness (QED) is 0.0187. The van der Waals surface area contributed by atoms with Crippen LogP contribution in [-0.2, 0) is 28.4 Å². The minimum Gasteiger partial charge on any atom is -0.441 e. The minimum absolute atomic E-state index is 0.0610. The van der Waals surface area contributed by atoms with Crippen LogP contribution in [0.3, 0.4) is 0 Å². The van der Waals surface area contributed by atoms with E-state index < -0.39 is 42.8 Å². The maximum absolute atomic E-state index is 14.3. The van der Waals surface area contributed by atoms with Gasteiger partial charge in [-0.05, 0) is 60.1 Å². The van der Waals surface area contributed by atoms with E-state index in [9.17, 15) is 13.2 Å². The summed E-state index contributed by atoms with van der Waals surface area (Å²) in [6, 6.07) is 7.85. The first-order chi connectivity index (χ1) is 23.2. The zero-order chi connectivity index (χ0) is 35.0. The topological polar surface area (TPSA) is 117 Å². The number of unbranched alkanes of at least 4 members (excludes halogenated alkanes) is 3. The first-order valence-corrected chi connectivity index (χ1v) is 19.2. The molecule has 48 heavy (non-hydrogen) atoms. The maximum atomic E-state index is 14.3. The van der Waals surface area contributed by atoms with Gasteiger partial charge < -0.3 is 28.4 Å². The van der Waals surface area contributed by atoms with E-state index in [0.717, 1.165) is 49.4 Å². The van der Waals surface area contributed by atoms with E-state index in [1.807, 2.05) is 13.8 Å². The smallest absolute Gasteiger partial charge is 0.441 e. The van der Waals surface area contributed by atoms with Crippen LogP contribution in [0.15, 0.2) is 40.4 Å². The molecule has 2 rings (SSSR count). The predicted molar refractivity (Wildman–Crippen MR) is 187 cm³/mol. The number of ether oxygens (including phenoxy) is 6. The van der Waals surface area contributed by atoms with Crippen molar-refractivity contribution in [1.29, 1.82) is 0 Å². The number of alkyl halides is 3. The van der Waals surface area contributed by atoms with Crippen LogP contribution >= 0.6 is 23.5 Å². The predicted octanol–water partition coefficient (Wildman–Crippen LogP) is 8.96. The lowest BCUT2D eigenvalue weighted by molar-refractivity contribution is -0.310. The van der Waals surface area contributed by atoms with E-state index in [-0.39, 0.29) is 18.9 Å². The van der Waals surface area contributed by atoms with Crippen molar-refractivity contribution in [2.75, 3.05) is 56.2 Å². The second kappa shape index (κ2) is 25.3. The molecular formula is C33H53F3N4O6S2. The van der Waals surface area contributed by atoms with E-state index in [0.29, 0.717) is 38.0 Å². The molecule has 274 valence electrons. The zero-order valence-corrected chi connectivity index (χ0v) is 30.3. The summed E-state index contributed by atoms with van der Waals surface area (Å²) in [4.78, 5) is 6.57. The number of nitrogens with zero attached hydrogens (tertiary/aromatic N) is 4. The van der Waals surface area contributed by atoms with Crippen LogP contribution in [0.25, 0.3) is 10.4 Å². The molecule has 1 aromatic carbocycles. The van der Waals surface area contributed by atoms with Crippen molar-refractivity contribution in [2.24, 2.45) is 16.0 Å². The summed E-state index contributed by atoms with van der Waals surface area (Å²) in [7, 11) is 0. The number of thioether (sulfide) groups is 2. The van der Waals surface area contributed by atoms with E-state index in [2.05, 4.69) is 28.9 Å². The summed E-state index contributed by atoms with van der Waals surface area (Å²) >= 11 is 3.35. The van der Waals surface area contributed by atoms with Gasteiger partial charge in [0.2, 0.25) is 6.29 Å². The fourth-order valence-electron chi connectivity index (χ4n) is 4.61. The summed E-state index contributed by atoms with van der Waals surface area (Å²) in [5.41, 5.74) is 8.51. The third-order valence-corrected chi connectivity index (χ3v) is 9.54. The molecule has 0 aromatic heterocycles. The highest BCUT2D eigenvalue weighted by Gasteiger charge is 2.52. The molecule has 0 spiro atoms. The van der Waals surface area contributed by atoms with Gasteiger partial charge in [-0.25, -0.2) is 4.99 Å². The van der Waals surface area contributed by atoms with Gasteiger partial charge in [0.05, 0.1) is 18.2 Å². The molecule has 0 aliphatic carbocycles. The van der Waals surface area contributed by atoms with E-state index in [4.69, 9.17) is 34.0 Å². The summed E-state index contributed by atoms with van der Waals surface area (Å²) in [6.45, 7) is 9.86. The highest BCUT2D eigenvalue weighted by molar-refractivity contribution is 8.00. The molecule has 15 heteroatoms.